The molecular formula is C90H89F4N13O23. The first-order valence-electron chi connectivity index (χ1n) is 41.3. The minimum atomic E-state index is -2.11. The number of methoxy groups -OCH3 is 3. The summed E-state index contributed by atoms with van der Waals surface area (Å²) in [6, 6.07) is 19.1. The number of ether oxygens (including phenoxy) is 6. The Labute approximate surface area is 737 Å². The van der Waals surface area contributed by atoms with Gasteiger partial charge in [-0.25, -0.2) is 51.6 Å². The van der Waals surface area contributed by atoms with Crippen molar-refractivity contribution >= 4 is 122 Å². The number of ketones is 1. The van der Waals surface area contributed by atoms with Gasteiger partial charge in [0.25, 0.3) is 41.4 Å². The van der Waals surface area contributed by atoms with E-state index < -0.39 is 161 Å². The number of fused-ring (bicyclic) bond motifs is 9. The summed E-state index contributed by atoms with van der Waals surface area (Å²) in [6.07, 6.45) is 0.496. The highest BCUT2D eigenvalue weighted by molar-refractivity contribution is 6.14. The summed E-state index contributed by atoms with van der Waals surface area (Å²) >= 11 is 0. The van der Waals surface area contributed by atoms with Gasteiger partial charge >= 0.3 is 36.0 Å². The molecule has 680 valence electrons. The van der Waals surface area contributed by atoms with Crippen molar-refractivity contribution in [3.8, 4) is 17.2 Å². The van der Waals surface area contributed by atoms with Gasteiger partial charge in [-0.05, 0) is 158 Å². The fourth-order valence-electron chi connectivity index (χ4n) is 16.9. The molecular weight excluding hydrogens is 1710 g/mol. The number of anilines is 1. The molecule has 12 heterocycles. The summed E-state index contributed by atoms with van der Waals surface area (Å²) in [6.45, 7) is 14.7. The van der Waals surface area contributed by atoms with Crippen LogP contribution in [-0.4, -0.2) is 217 Å². The molecule has 0 bridgehead atoms. The topological polar surface area (TPSA) is 421 Å². The number of rotatable bonds is 19. The number of likely N-dealkylation sites (N-methyl/N-ethyl adjacent to an activating group) is 1. The number of esters is 3. The number of benzene rings is 5. The molecule has 0 unspecified atom stereocenters. The molecule has 1 aliphatic carbocycles. The lowest BCUT2D eigenvalue weighted by Gasteiger charge is -2.33. The molecule has 13 amide bonds. The molecule has 0 saturated carbocycles. The van der Waals surface area contributed by atoms with Crippen molar-refractivity contribution in [1.29, 1.82) is 0 Å². The zero-order chi connectivity index (χ0) is 93.4. The second-order valence-corrected chi connectivity index (χ2v) is 35.9. The zero-order valence-corrected chi connectivity index (χ0v) is 72.8. The summed E-state index contributed by atoms with van der Waals surface area (Å²) in [5.74, 6) is -10.6. The predicted octanol–water partition coefficient (Wildman–Crippen LogP) is 9.25. The number of urea groups is 3. The number of piperazine rings is 1. The van der Waals surface area contributed by atoms with Crippen LogP contribution in [0.25, 0.3) is 33.0 Å². The monoisotopic (exact) mass is 1800 g/mol. The molecule has 4 N–H and O–H groups in total. The number of carbonyl (C=O) groups excluding carboxylic acids is 14. The Balaban J connectivity index is 0.000000143. The maximum Gasteiger partial charge on any atom is 0.328 e. The van der Waals surface area contributed by atoms with E-state index >= 15 is 17.6 Å². The average Bonchev–Trinajstić information content (AvgIpc) is 1.57. The number of imide groups is 3. The summed E-state index contributed by atoms with van der Waals surface area (Å²) in [4.78, 5) is 200. The molecule has 18 rings (SSSR count). The van der Waals surface area contributed by atoms with Crippen molar-refractivity contribution in [2.45, 2.75) is 118 Å². The van der Waals surface area contributed by atoms with Crippen LogP contribution in [0.15, 0.2) is 98.2 Å². The van der Waals surface area contributed by atoms with Gasteiger partial charge in [0, 0.05) is 75.6 Å². The highest BCUT2D eigenvalue weighted by Crippen LogP contribution is 2.46. The predicted molar refractivity (Wildman–Crippen MR) is 445 cm³/mol. The minimum absolute atomic E-state index is 0.0228. The standard InChI is InChI=1S/C31H35FN6O7.C30H27F2N3O8.C29H27FN4O8/c1-30(2,3)28(41)44-17-38-27(40)31(34-29(38)42,16-37-15-18-6-7-21(43-5)25(32)24(18)26(37)39)22-14-19-20(45-22)8-9-23(33-19)36-12-10-35(4)11-13-36;1-29(2,3)27(39)42-13-35-26(38)30(33-28(35)40,12-34-11-15-6-8-18(41-4)22(31)21(15)25(34)37)19-10-16-9-14-5-7-17(36)20(14)23(32)24(16)43-19;1-28(2,3)26(38)41-13-34-25(37)29(32-27(34)39,12-33-11-15-6-8-18(40-4)22(30)21(15)24(33)36)19-9-16-17(42-19)7-5-14-10-31-23(35)20(14)16/h6-9,14H,10-13,15-17H2,1-5H3,(H,34,42);6,8-10H,5,7,11-13H2,1-4H3,(H,33,40);5-9H,10-13H2,1-4H3,(H,31,35)(H,32,39)/t31-;30-;29-/m000/s1. The largest absolute Gasteiger partial charge is 0.494 e. The lowest BCUT2D eigenvalue weighted by Crippen LogP contribution is -2.52. The third-order valence-electron chi connectivity index (χ3n) is 24.1. The molecule has 4 saturated heterocycles. The molecule has 3 atom stereocenters. The maximum absolute atomic E-state index is 15.5. The second-order valence-electron chi connectivity index (χ2n) is 35.9. The first-order chi connectivity index (χ1) is 61.4. The van der Waals surface area contributed by atoms with E-state index in [0.717, 1.165) is 47.4 Å². The highest BCUT2D eigenvalue weighted by Gasteiger charge is 2.61. The number of halogens is 4. The number of furan rings is 3. The highest BCUT2D eigenvalue weighted by atomic mass is 19.1. The van der Waals surface area contributed by atoms with Gasteiger partial charge in [0.1, 0.15) is 34.2 Å². The Morgan fingerprint density at radius 1 is 0.446 bits per heavy atom. The van der Waals surface area contributed by atoms with Crippen molar-refractivity contribution in [1.82, 2.24) is 60.6 Å². The molecule has 5 aromatic carbocycles. The molecule has 9 aliphatic rings. The molecule has 9 aromatic rings. The average molecular weight is 1800 g/mol. The first kappa shape index (κ1) is 88.9. The Hall–Kier alpha value is -14.5. The summed E-state index contributed by atoms with van der Waals surface area (Å²) in [5.41, 5.74) is -5.87. The third kappa shape index (κ3) is 15.2. The number of carbonyl (C=O) groups is 14. The zero-order valence-electron chi connectivity index (χ0n) is 72.8. The van der Waals surface area contributed by atoms with Crippen LogP contribution in [-0.2, 0) is 92.2 Å². The summed E-state index contributed by atoms with van der Waals surface area (Å²) in [7, 11) is 5.90. The summed E-state index contributed by atoms with van der Waals surface area (Å²) in [5, 5.41) is 11.3. The molecule has 0 radical (unpaired) electrons. The number of aromatic nitrogens is 1. The Morgan fingerprint density at radius 2 is 0.846 bits per heavy atom. The minimum Gasteiger partial charge on any atom is -0.494 e. The Bertz CT molecular complexity index is 6410. The Kier molecular flexibility index (Phi) is 22.4. The van der Waals surface area contributed by atoms with E-state index in [9.17, 15) is 67.1 Å². The van der Waals surface area contributed by atoms with E-state index in [-0.39, 0.29) is 118 Å². The first-order valence-corrected chi connectivity index (χ1v) is 41.3. The smallest absolute Gasteiger partial charge is 0.328 e. The fraction of sp³-hybridized carbons (Fsp3) is 0.389. The second kappa shape index (κ2) is 32.7. The van der Waals surface area contributed by atoms with Crippen LogP contribution >= 0.6 is 0 Å². The van der Waals surface area contributed by atoms with Crippen LogP contribution in [0.2, 0.25) is 0 Å². The van der Waals surface area contributed by atoms with Crippen LogP contribution in [0, 0.1) is 39.5 Å². The number of amides is 13. The van der Waals surface area contributed by atoms with Crippen LogP contribution < -0.4 is 40.4 Å². The number of nitrogens with zero attached hydrogens (tertiary/aromatic N) is 9. The van der Waals surface area contributed by atoms with Crippen molar-refractivity contribution in [2.75, 3.05) is 99.3 Å². The summed E-state index contributed by atoms with van der Waals surface area (Å²) < 4.78 is 110. The third-order valence-corrected chi connectivity index (χ3v) is 24.1. The van der Waals surface area contributed by atoms with Crippen LogP contribution in [0.1, 0.15) is 166 Å². The lowest BCUT2D eigenvalue weighted by atomic mass is 9.94. The molecule has 40 heteroatoms. The van der Waals surface area contributed by atoms with Gasteiger partial charge in [0.2, 0.25) is 0 Å². The van der Waals surface area contributed by atoms with E-state index in [0.29, 0.717) is 67.1 Å². The molecule has 36 nitrogen and oxygen atoms in total. The van der Waals surface area contributed by atoms with Crippen molar-refractivity contribution in [2.24, 2.45) is 16.2 Å². The van der Waals surface area contributed by atoms with Gasteiger partial charge in [0.15, 0.2) is 94.3 Å². The molecule has 8 aliphatic heterocycles. The fourth-order valence-corrected chi connectivity index (χ4v) is 16.9. The number of aryl methyl sites for hydroxylation is 1. The normalized spacial score (nSPS) is 20.1. The number of hydrogen-bond acceptors (Lipinski definition) is 26. The number of hydrogen-bond donors (Lipinski definition) is 4. The van der Waals surface area contributed by atoms with Gasteiger partial charge in [0.05, 0.1) is 85.0 Å². The van der Waals surface area contributed by atoms with Gasteiger partial charge in [-0.1, -0.05) is 24.3 Å². The maximum atomic E-state index is 15.5. The van der Waals surface area contributed by atoms with E-state index in [1.165, 1.54) is 67.5 Å². The Morgan fingerprint density at radius 3 is 1.27 bits per heavy atom. The van der Waals surface area contributed by atoms with Crippen LogP contribution in [0.5, 0.6) is 17.2 Å². The van der Waals surface area contributed by atoms with Crippen LogP contribution in [0.3, 0.4) is 0 Å². The van der Waals surface area contributed by atoms with Crippen molar-refractivity contribution < 1.29 is 126 Å². The van der Waals surface area contributed by atoms with Gasteiger partial charge in [-0.3, -0.25) is 52.7 Å². The molecule has 130 heavy (non-hydrogen) atoms. The van der Waals surface area contributed by atoms with E-state index in [2.05, 4.69) is 38.1 Å². The van der Waals surface area contributed by atoms with Crippen molar-refractivity contribution in [3.05, 3.63) is 181 Å². The van der Waals surface area contributed by atoms with E-state index in [1.54, 1.807) is 105 Å². The van der Waals surface area contributed by atoms with Crippen molar-refractivity contribution in [3.63, 3.8) is 0 Å². The lowest BCUT2D eigenvalue weighted by molar-refractivity contribution is -0.160. The van der Waals surface area contributed by atoms with Gasteiger partial charge < -0.3 is 87.4 Å². The van der Waals surface area contributed by atoms with Gasteiger partial charge in [-0.2, -0.15) is 0 Å². The molecule has 4 fully saturated rings. The van der Waals surface area contributed by atoms with E-state index in [4.69, 9.17) is 46.7 Å². The number of nitrogens with one attached hydrogen (secondary N) is 4. The van der Waals surface area contributed by atoms with Gasteiger partial charge in [-0.15, -0.1) is 0 Å². The molecule has 4 aromatic heterocycles. The molecule has 0 spiro atoms. The van der Waals surface area contributed by atoms with Crippen LogP contribution in [0.4, 0.5) is 37.8 Å². The number of pyridine rings is 1. The van der Waals surface area contributed by atoms with E-state index in [1.807, 2.05) is 6.07 Å². The quantitative estimate of drug-likeness (QED) is 0.0253. The SMILES string of the molecule is COc1ccc2c(c1F)C(=O)N(C[C@@]1(c3cc4c5c(ccc4o3)CNC5=O)NC(=O)N(COC(=O)C(C)(C)C)C1=O)C2.COc1ccc2c(c1F)C(=O)N(C[C@@]1(c3cc4cc5c(c(F)c4o3)C(=O)CC5)NC(=O)N(COC(=O)C(C)(C)C)C1=O)C2.COc1ccc2c(c1F)C(=O)N(C[C@@]1(c3cc4nc(N5CCN(C)CC5)ccc4o3)NC(=O)N(COC(=O)C(C)(C)C)C1=O)C2. The number of Topliss-reactive ketones (excluding diaryl/α,β-unsaturated/α-hetero) is 1.